The molecule has 0 N–H and O–H groups in total. The van der Waals surface area contributed by atoms with Gasteiger partial charge in [-0.05, 0) is 165 Å². The summed E-state index contributed by atoms with van der Waals surface area (Å²) in [6.45, 7) is 20.6. The van der Waals surface area contributed by atoms with Crippen LogP contribution in [0.25, 0.3) is 22.3 Å². The first-order chi connectivity index (χ1) is 27.5. The predicted molar refractivity (Wildman–Crippen MR) is 248 cm³/mol. The van der Waals surface area contributed by atoms with Gasteiger partial charge in [0.1, 0.15) is 0 Å². The lowest BCUT2D eigenvalue weighted by Gasteiger charge is -2.45. The number of aryl methyl sites for hydroxylation is 3. The largest absolute Gasteiger partial charge is 0.311 e. The molecule has 9 rings (SSSR count). The highest BCUT2D eigenvalue weighted by Gasteiger charge is 2.44. The summed E-state index contributed by atoms with van der Waals surface area (Å²) in [5.41, 5.74) is 24.4. The molecule has 0 radical (unpaired) electrons. The van der Waals surface area contributed by atoms with Gasteiger partial charge in [0.15, 0.2) is 0 Å². The molecule has 3 heteroatoms. The molecule has 0 saturated carbocycles. The van der Waals surface area contributed by atoms with E-state index < -0.39 is 0 Å². The Bertz CT molecular complexity index is 2600. The van der Waals surface area contributed by atoms with Gasteiger partial charge in [-0.3, -0.25) is 0 Å². The number of anilines is 6. The summed E-state index contributed by atoms with van der Waals surface area (Å²) in [5, 5.41) is 0. The molecule has 2 nitrogen and oxygen atoms in total. The number of hydrogen-bond donors (Lipinski definition) is 0. The number of nitrogens with zero attached hydrogens (tertiary/aromatic N) is 2. The fourth-order valence-corrected chi connectivity index (χ4v) is 9.31. The first-order valence-electron chi connectivity index (χ1n) is 20.9. The fourth-order valence-electron chi connectivity index (χ4n) is 9.31. The topological polar surface area (TPSA) is 6.48 Å². The van der Waals surface area contributed by atoms with Crippen molar-refractivity contribution in [1.82, 2.24) is 0 Å². The Labute approximate surface area is 340 Å². The van der Waals surface area contributed by atoms with Gasteiger partial charge in [0.05, 0.1) is 0 Å². The van der Waals surface area contributed by atoms with E-state index in [0.717, 1.165) is 0 Å². The Balaban J connectivity index is 1.38. The van der Waals surface area contributed by atoms with Crippen LogP contribution >= 0.6 is 0 Å². The Morgan fingerprint density at radius 2 is 0.842 bits per heavy atom. The van der Waals surface area contributed by atoms with Gasteiger partial charge in [-0.25, -0.2) is 0 Å². The normalized spacial score (nSPS) is 13.0. The van der Waals surface area contributed by atoms with E-state index in [1.165, 1.54) is 106 Å². The number of rotatable bonds is 7. The molecular formula is C54H53BN2. The predicted octanol–water partition coefficient (Wildman–Crippen LogP) is 13.4. The maximum absolute atomic E-state index is 2.59. The third-order valence-electron chi connectivity index (χ3n) is 12.5. The first-order valence-corrected chi connectivity index (χ1v) is 20.9. The molecule has 0 unspecified atom stereocenters. The summed E-state index contributed by atoms with van der Waals surface area (Å²) in [7, 11) is 0. The Kier molecular flexibility index (Phi) is 9.24. The highest BCUT2D eigenvalue weighted by atomic mass is 15.2. The number of benzene rings is 7. The van der Waals surface area contributed by atoms with Crippen LogP contribution in [0.4, 0.5) is 34.1 Å². The molecule has 57 heavy (non-hydrogen) atoms. The van der Waals surface area contributed by atoms with E-state index in [2.05, 4.69) is 212 Å². The summed E-state index contributed by atoms with van der Waals surface area (Å²) in [6, 6.07) is 53.6. The molecule has 2 aliphatic heterocycles. The van der Waals surface area contributed by atoms with Crippen LogP contribution < -0.4 is 26.2 Å². The lowest BCUT2D eigenvalue weighted by molar-refractivity contribution is 0.866. The highest BCUT2D eigenvalue weighted by molar-refractivity contribution is 7.00. The second-order valence-electron chi connectivity index (χ2n) is 17.4. The quantitative estimate of drug-likeness (QED) is 0.150. The monoisotopic (exact) mass is 740 g/mol. The molecule has 7 aromatic rings. The van der Waals surface area contributed by atoms with Gasteiger partial charge in [0, 0.05) is 34.1 Å². The molecule has 0 aromatic heterocycles. The van der Waals surface area contributed by atoms with Crippen LogP contribution in [0.15, 0.2) is 140 Å². The van der Waals surface area contributed by atoms with E-state index >= 15 is 0 Å². The lowest BCUT2D eigenvalue weighted by atomic mass is 9.33. The number of hydrogen-bond acceptors (Lipinski definition) is 2. The first kappa shape index (κ1) is 36.8. The van der Waals surface area contributed by atoms with Gasteiger partial charge in [0.2, 0.25) is 0 Å². The lowest BCUT2D eigenvalue weighted by Crippen LogP contribution is -2.61. The van der Waals surface area contributed by atoms with Crippen molar-refractivity contribution < 1.29 is 0 Å². The standard InChI is InChI=1S/C54H53BN2/c1-33(2)39-18-22-44(23-19-39)56-50-24-20-40(34(3)4)31-48(50)55-49-32-41(35(5)6)21-25-51(49)57(53-27-36(7)26-52(56)54(53)55)45-29-42(46-16-12-10-14-37(46)8)28-43(30-45)47-17-13-11-15-38(47)9/h10-35H,1-9H3. The highest BCUT2D eigenvalue weighted by Crippen LogP contribution is 2.47. The molecule has 0 aliphatic carbocycles. The zero-order valence-corrected chi connectivity index (χ0v) is 35.0. The summed E-state index contributed by atoms with van der Waals surface area (Å²) < 4.78 is 0. The van der Waals surface area contributed by atoms with Crippen LogP contribution in [0.5, 0.6) is 0 Å². The molecule has 0 atom stereocenters. The summed E-state index contributed by atoms with van der Waals surface area (Å²) >= 11 is 0. The smallest absolute Gasteiger partial charge is 0.252 e. The van der Waals surface area contributed by atoms with Gasteiger partial charge < -0.3 is 9.80 Å². The van der Waals surface area contributed by atoms with E-state index in [9.17, 15) is 0 Å². The van der Waals surface area contributed by atoms with Crippen LogP contribution in [0.3, 0.4) is 0 Å². The average molecular weight is 741 g/mol. The Hall–Kier alpha value is -5.80. The number of fused-ring (bicyclic) bond motifs is 4. The molecule has 282 valence electrons. The van der Waals surface area contributed by atoms with Crippen molar-refractivity contribution in [3.63, 3.8) is 0 Å². The molecule has 0 saturated heterocycles. The molecule has 2 aliphatic rings. The molecule has 0 fully saturated rings. The minimum Gasteiger partial charge on any atom is -0.311 e. The van der Waals surface area contributed by atoms with E-state index in [4.69, 9.17) is 0 Å². The molecule has 7 aromatic carbocycles. The zero-order chi connectivity index (χ0) is 39.7. The van der Waals surface area contributed by atoms with Crippen LogP contribution in [-0.4, -0.2) is 6.71 Å². The molecule has 0 spiro atoms. The van der Waals surface area contributed by atoms with Gasteiger partial charge in [0.25, 0.3) is 6.71 Å². The molecular weight excluding hydrogens is 687 g/mol. The maximum atomic E-state index is 2.59. The van der Waals surface area contributed by atoms with Gasteiger partial charge >= 0.3 is 0 Å². The van der Waals surface area contributed by atoms with E-state index in [1.54, 1.807) is 0 Å². The third-order valence-corrected chi connectivity index (χ3v) is 12.5. The summed E-state index contributed by atoms with van der Waals surface area (Å²) in [4.78, 5) is 5.13. The SMILES string of the molecule is Cc1cc2c3c(c1)N(c1cc(-c4ccccc4C)cc(-c4ccccc4C)c1)c1ccc(C(C)C)cc1B3c1cc(C(C)C)ccc1N2c1ccc(C(C)C)cc1. The van der Waals surface area contributed by atoms with Gasteiger partial charge in [-0.1, -0.05) is 126 Å². The minimum absolute atomic E-state index is 0.0795. The Morgan fingerprint density at radius 3 is 1.30 bits per heavy atom. The summed E-state index contributed by atoms with van der Waals surface area (Å²) in [6.07, 6.45) is 0. The van der Waals surface area contributed by atoms with Crippen molar-refractivity contribution in [2.24, 2.45) is 0 Å². The van der Waals surface area contributed by atoms with Crippen LogP contribution in [0.2, 0.25) is 0 Å². The van der Waals surface area contributed by atoms with E-state index in [-0.39, 0.29) is 6.71 Å². The second-order valence-corrected chi connectivity index (χ2v) is 17.4. The van der Waals surface area contributed by atoms with Gasteiger partial charge in [-0.15, -0.1) is 0 Å². The average Bonchev–Trinajstić information content (AvgIpc) is 3.20. The van der Waals surface area contributed by atoms with Crippen molar-refractivity contribution >= 4 is 57.2 Å². The van der Waals surface area contributed by atoms with Crippen molar-refractivity contribution in [2.45, 2.75) is 80.1 Å². The summed E-state index contributed by atoms with van der Waals surface area (Å²) in [5.74, 6) is 1.29. The van der Waals surface area contributed by atoms with E-state index in [1.807, 2.05) is 0 Å². The van der Waals surface area contributed by atoms with Crippen molar-refractivity contribution in [1.29, 1.82) is 0 Å². The Morgan fingerprint density at radius 1 is 0.404 bits per heavy atom. The van der Waals surface area contributed by atoms with Crippen molar-refractivity contribution in [3.8, 4) is 22.3 Å². The fraction of sp³-hybridized carbons (Fsp3) is 0.222. The van der Waals surface area contributed by atoms with Crippen LogP contribution in [0, 0.1) is 20.8 Å². The van der Waals surface area contributed by atoms with Crippen molar-refractivity contribution in [2.75, 3.05) is 9.80 Å². The zero-order valence-electron chi connectivity index (χ0n) is 35.0. The maximum Gasteiger partial charge on any atom is 0.252 e. The molecule has 0 bridgehead atoms. The van der Waals surface area contributed by atoms with Crippen LogP contribution in [0.1, 0.15) is 92.7 Å². The third kappa shape index (κ3) is 6.29. The van der Waals surface area contributed by atoms with E-state index in [0.29, 0.717) is 17.8 Å². The minimum atomic E-state index is 0.0795. The van der Waals surface area contributed by atoms with Crippen LogP contribution in [-0.2, 0) is 0 Å². The second kappa shape index (κ2) is 14.3. The molecule has 2 heterocycles. The van der Waals surface area contributed by atoms with Gasteiger partial charge in [-0.2, -0.15) is 0 Å². The molecule has 0 amide bonds. The van der Waals surface area contributed by atoms with Crippen molar-refractivity contribution in [3.05, 3.63) is 173 Å².